The summed E-state index contributed by atoms with van der Waals surface area (Å²) in [6.45, 7) is 0. The van der Waals surface area contributed by atoms with Crippen LogP contribution in [0.25, 0.3) is 65.6 Å². The zero-order valence-corrected chi connectivity index (χ0v) is 22.3. The molecule has 0 bridgehead atoms. The molecule has 5 aromatic carbocycles. The molecular formula is C36H22N2OS. The summed E-state index contributed by atoms with van der Waals surface area (Å²) in [5.41, 5.74) is 10.4. The van der Waals surface area contributed by atoms with Crippen molar-refractivity contribution in [3.8, 4) is 5.69 Å². The van der Waals surface area contributed by atoms with E-state index in [9.17, 15) is 0 Å². The summed E-state index contributed by atoms with van der Waals surface area (Å²) in [5, 5.41) is 6.26. The van der Waals surface area contributed by atoms with Crippen LogP contribution in [0.3, 0.4) is 0 Å². The summed E-state index contributed by atoms with van der Waals surface area (Å²) in [5.74, 6) is 0. The molecule has 0 atom stereocenters. The maximum Gasteiger partial charge on any atom is 0.159 e. The molecule has 4 heterocycles. The van der Waals surface area contributed by atoms with Crippen LogP contribution in [-0.2, 0) is 6.42 Å². The number of hydrogen-bond donors (Lipinski definition) is 0. The molecular weight excluding hydrogens is 508 g/mol. The first kappa shape index (κ1) is 21.1. The second kappa shape index (κ2) is 7.44. The number of rotatable bonds is 1. The van der Waals surface area contributed by atoms with E-state index in [0.29, 0.717) is 0 Å². The van der Waals surface area contributed by atoms with Gasteiger partial charge in [-0.1, -0.05) is 78.9 Å². The highest BCUT2D eigenvalue weighted by Gasteiger charge is 2.31. The van der Waals surface area contributed by atoms with Crippen LogP contribution in [0.2, 0.25) is 0 Å². The van der Waals surface area contributed by atoms with Gasteiger partial charge in [0.2, 0.25) is 0 Å². The summed E-state index contributed by atoms with van der Waals surface area (Å²) in [6, 6.07) is 35.1. The molecule has 0 amide bonds. The lowest BCUT2D eigenvalue weighted by Gasteiger charge is -2.33. The van der Waals surface area contributed by atoms with Crippen molar-refractivity contribution >= 4 is 88.3 Å². The van der Waals surface area contributed by atoms with E-state index in [2.05, 4.69) is 113 Å². The molecule has 0 N–H and O–H groups in total. The smallest absolute Gasteiger partial charge is 0.159 e. The molecule has 4 heteroatoms. The van der Waals surface area contributed by atoms with Crippen molar-refractivity contribution < 1.29 is 4.42 Å². The number of fused-ring (bicyclic) bond motifs is 12. The first-order valence-electron chi connectivity index (χ1n) is 13.8. The number of allylic oxidation sites excluding steroid dienone is 1. The fraction of sp³-hybridized carbons (Fsp3) is 0.0556. The van der Waals surface area contributed by atoms with Gasteiger partial charge >= 0.3 is 0 Å². The van der Waals surface area contributed by atoms with Gasteiger partial charge in [0.1, 0.15) is 5.58 Å². The maximum atomic E-state index is 6.55. The van der Waals surface area contributed by atoms with Gasteiger partial charge in [-0.3, -0.25) is 0 Å². The monoisotopic (exact) mass is 530 g/mol. The number of furan rings is 1. The highest BCUT2D eigenvalue weighted by atomic mass is 32.1. The summed E-state index contributed by atoms with van der Waals surface area (Å²) in [7, 11) is 0. The Morgan fingerprint density at radius 2 is 1.32 bits per heavy atom. The highest BCUT2D eigenvalue weighted by molar-refractivity contribution is 7.20. The van der Waals surface area contributed by atoms with E-state index in [-0.39, 0.29) is 0 Å². The number of nitrogens with zero attached hydrogens (tertiary/aromatic N) is 2. The zero-order chi connectivity index (χ0) is 25.9. The van der Waals surface area contributed by atoms with E-state index in [1.165, 1.54) is 53.7 Å². The second-order valence-electron chi connectivity index (χ2n) is 10.8. The molecule has 3 nitrogen and oxygen atoms in total. The van der Waals surface area contributed by atoms with Crippen molar-refractivity contribution in [3.05, 3.63) is 114 Å². The third kappa shape index (κ3) is 2.51. The zero-order valence-electron chi connectivity index (χ0n) is 21.5. The largest absolute Gasteiger partial charge is 0.454 e. The minimum absolute atomic E-state index is 0.917. The van der Waals surface area contributed by atoms with Gasteiger partial charge in [0, 0.05) is 31.8 Å². The van der Waals surface area contributed by atoms with Crippen LogP contribution >= 0.6 is 11.3 Å². The normalized spacial score (nSPS) is 14.2. The van der Waals surface area contributed by atoms with E-state index in [4.69, 9.17) is 4.42 Å². The third-order valence-electron chi connectivity index (χ3n) is 8.75. The van der Waals surface area contributed by atoms with Crippen molar-refractivity contribution in [2.45, 2.75) is 12.8 Å². The number of anilines is 3. The number of aryl methyl sites for hydroxylation is 1. The minimum Gasteiger partial charge on any atom is -0.454 e. The molecule has 8 aromatic rings. The van der Waals surface area contributed by atoms with Crippen molar-refractivity contribution in [2.24, 2.45) is 0 Å². The predicted octanol–water partition coefficient (Wildman–Crippen LogP) is 10.6. The van der Waals surface area contributed by atoms with Crippen LogP contribution in [0.5, 0.6) is 0 Å². The van der Waals surface area contributed by atoms with Gasteiger partial charge in [-0.05, 0) is 48.7 Å². The van der Waals surface area contributed by atoms with Crippen LogP contribution in [-0.4, -0.2) is 4.57 Å². The first-order chi connectivity index (χ1) is 19.9. The lowest BCUT2D eigenvalue weighted by molar-refractivity contribution is 0.669. The molecule has 1 aliphatic carbocycles. The quantitative estimate of drug-likeness (QED) is 0.210. The lowest BCUT2D eigenvalue weighted by atomic mass is 10.0. The third-order valence-corrected chi connectivity index (χ3v) is 10.0. The second-order valence-corrected chi connectivity index (χ2v) is 11.9. The number of aromatic nitrogens is 1. The van der Waals surface area contributed by atoms with Gasteiger partial charge in [0.05, 0.1) is 38.5 Å². The predicted molar refractivity (Wildman–Crippen MR) is 169 cm³/mol. The van der Waals surface area contributed by atoms with E-state index in [1.54, 1.807) is 0 Å². The molecule has 10 rings (SSSR count). The van der Waals surface area contributed by atoms with Gasteiger partial charge in [-0.2, -0.15) is 0 Å². The molecule has 0 radical (unpaired) electrons. The van der Waals surface area contributed by atoms with Gasteiger partial charge in [0.25, 0.3) is 0 Å². The minimum atomic E-state index is 0.917. The van der Waals surface area contributed by atoms with Crippen LogP contribution in [0.4, 0.5) is 17.1 Å². The maximum absolute atomic E-state index is 6.55. The number of benzene rings is 5. The SMILES string of the molecule is C1=Cc2c(sc3c2ccc2c4cccc5c4n(c23)-c2ccccc2N5c2cccc3c2oc2ccccc23)CC1. The Bertz CT molecular complexity index is 2400. The molecule has 3 aromatic heterocycles. The molecule has 188 valence electrons. The van der Waals surface area contributed by atoms with Gasteiger partial charge < -0.3 is 13.9 Å². The van der Waals surface area contributed by atoms with Crippen molar-refractivity contribution in [1.29, 1.82) is 0 Å². The Morgan fingerprint density at radius 1 is 0.600 bits per heavy atom. The van der Waals surface area contributed by atoms with Crippen molar-refractivity contribution in [1.82, 2.24) is 4.57 Å². The average molecular weight is 531 g/mol. The Hall–Kier alpha value is -4.80. The number of thiophene rings is 1. The molecule has 0 spiro atoms. The number of para-hydroxylation sites is 5. The van der Waals surface area contributed by atoms with Crippen LogP contribution in [0.15, 0.2) is 108 Å². The van der Waals surface area contributed by atoms with Gasteiger partial charge in [-0.25, -0.2) is 0 Å². The summed E-state index contributed by atoms with van der Waals surface area (Å²) in [6.07, 6.45) is 6.91. The Morgan fingerprint density at radius 3 is 2.27 bits per heavy atom. The van der Waals surface area contributed by atoms with Gasteiger partial charge in [0.15, 0.2) is 5.58 Å². The topological polar surface area (TPSA) is 21.3 Å². The van der Waals surface area contributed by atoms with E-state index < -0.39 is 0 Å². The molecule has 1 aliphatic heterocycles. The Kier molecular flexibility index (Phi) is 3.92. The van der Waals surface area contributed by atoms with Crippen molar-refractivity contribution in [2.75, 3.05) is 4.90 Å². The number of hydrogen-bond acceptors (Lipinski definition) is 3. The fourth-order valence-corrected chi connectivity index (χ4v) is 8.44. The van der Waals surface area contributed by atoms with Crippen LogP contribution in [0.1, 0.15) is 16.9 Å². The Labute approximate surface area is 233 Å². The molecule has 40 heavy (non-hydrogen) atoms. The van der Waals surface area contributed by atoms with Gasteiger partial charge in [-0.15, -0.1) is 11.3 Å². The van der Waals surface area contributed by atoms with E-state index in [1.807, 2.05) is 17.4 Å². The summed E-state index contributed by atoms with van der Waals surface area (Å²) >= 11 is 1.98. The van der Waals surface area contributed by atoms with Crippen LogP contribution < -0.4 is 4.90 Å². The standard InChI is InChI=1S/C36H22N2OS/c1-5-17-31-21(9-1)25-12-8-16-30(35(25)39-31)37-27-13-3-4-14-28(27)38-33-23(11-7-15-29(33)37)24-19-20-26-22-10-2-6-18-32(22)40-36(26)34(24)38/h1-5,7-17,19-20H,6,18H2. The molecule has 2 aliphatic rings. The fourth-order valence-electron chi connectivity index (χ4n) is 7.10. The van der Waals surface area contributed by atoms with Crippen LogP contribution in [0, 0.1) is 0 Å². The molecule has 0 saturated heterocycles. The summed E-state index contributed by atoms with van der Waals surface area (Å²) in [4.78, 5) is 3.91. The first-order valence-corrected chi connectivity index (χ1v) is 14.7. The molecule has 0 saturated carbocycles. The van der Waals surface area contributed by atoms with E-state index in [0.717, 1.165) is 46.2 Å². The Balaban J connectivity index is 1.37. The highest BCUT2D eigenvalue weighted by Crippen LogP contribution is 2.53. The van der Waals surface area contributed by atoms with Crippen molar-refractivity contribution in [3.63, 3.8) is 0 Å². The lowest BCUT2D eigenvalue weighted by Crippen LogP contribution is -2.18. The summed E-state index contributed by atoms with van der Waals surface area (Å²) < 4.78 is 10.5. The van der Waals surface area contributed by atoms with E-state index >= 15 is 0 Å². The average Bonchev–Trinajstić information content (AvgIpc) is 3.68. The molecule has 0 fully saturated rings. The molecule has 0 unspecified atom stereocenters.